The molecular weight excluding hydrogens is 268 g/mol. The van der Waals surface area contributed by atoms with E-state index in [2.05, 4.69) is 5.32 Å². The van der Waals surface area contributed by atoms with Crippen LogP contribution in [0.1, 0.15) is 0 Å². The zero-order valence-corrected chi connectivity index (χ0v) is 11.8. The molecule has 0 rings (SSSR count). The van der Waals surface area contributed by atoms with E-state index in [1.165, 1.54) is 0 Å². The Hall–Kier alpha value is -0.770. The molecule has 0 radical (unpaired) electrons. The lowest BCUT2D eigenvalue weighted by atomic mass is 10.6. The highest BCUT2D eigenvalue weighted by Crippen LogP contribution is 1.82. The third kappa shape index (κ3) is 15.3. The van der Waals surface area contributed by atoms with Gasteiger partial charge in [-0.2, -0.15) is 0 Å². The molecule has 0 aliphatic heterocycles. The number of carbonyl (C=O) groups excluding carboxylic acids is 1. The molecule has 0 saturated heterocycles. The molecule has 0 atom stereocenters. The van der Waals surface area contributed by atoms with E-state index in [4.69, 9.17) is 29.8 Å². The van der Waals surface area contributed by atoms with Crippen molar-refractivity contribution >= 4 is 5.91 Å². The van der Waals surface area contributed by atoms with Gasteiger partial charge in [-0.1, -0.05) is 0 Å². The van der Waals surface area contributed by atoms with Crippen molar-refractivity contribution in [3.8, 4) is 0 Å². The predicted molar refractivity (Wildman–Crippen MR) is 72.4 cm³/mol. The molecule has 0 fully saturated rings. The van der Waals surface area contributed by atoms with Gasteiger partial charge in [-0.3, -0.25) is 4.79 Å². The van der Waals surface area contributed by atoms with E-state index in [0.29, 0.717) is 65.9 Å². The van der Waals surface area contributed by atoms with Crippen LogP contribution in [-0.2, 0) is 23.7 Å². The second-order valence-corrected chi connectivity index (χ2v) is 3.75. The monoisotopic (exact) mass is 294 g/mol. The van der Waals surface area contributed by atoms with E-state index in [1.807, 2.05) is 0 Å². The second kappa shape index (κ2) is 16.3. The first-order chi connectivity index (χ1) is 9.81. The first-order valence-electron chi connectivity index (χ1n) is 6.70. The van der Waals surface area contributed by atoms with Gasteiger partial charge in [-0.15, -0.1) is 0 Å². The van der Waals surface area contributed by atoms with E-state index in [0.717, 1.165) is 0 Å². The minimum atomic E-state index is -0.500. The van der Waals surface area contributed by atoms with Crippen molar-refractivity contribution in [1.29, 1.82) is 0 Å². The molecule has 0 heterocycles. The number of nitrogens with two attached hydrogens (primary N) is 1. The number of hydrogen-bond donors (Lipinski definition) is 3. The molecule has 120 valence electrons. The van der Waals surface area contributed by atoms with Crippen molar-refractivity contribution in [2.75, 3.05) is 72.6 Å². The summed E-state index contributed by atoms with van der Waals surface area (Å²) in [6.07, 6.45) is 0. The van der Waals surface area contributed by atoms with Gasteiger partial charge in [0.15, 0.2) is 0 Å². The number of hydrogen-bond acceptors (Lipinski definition) is 7. The summed E-state index contributed by atoms with van der Waals surface area (Å²) in [4.78, 5) is 10.7. The molecule has 1 amide bonds. The van der Waals surface area contributed by atoms with Crippen LogP contribution in [0.15, 0.2) is 0 Å². The Morgan fingerprint density at radius 1 is 0.850 bits per heavy atom. The molecule has 0 aromatic carbocycles. The molecule has 0 saturated carbocycles. The van der Waals surface area contributed by atoms with Gasteiger partial charge in [-0.05, 0) is 0 Å². The zero-order valence-electron chi connectivity index (χ0n) is 11.8. The molecule has 4 N–H and O–H groups in total. The number of nitrogens with one attached hydrogen (secondary N) is 1. The average Bonchev–Trinajstić information content (AvgIpc) is 2.47. The third-order valence-corrected chi connectivity index (χ3v) is 2.09. The standard InChI is InChI=1S/C12H26N2O6/c13-1-3-17-5-7-19-9-10-20-8-6-18-4-2-14-12(16)11-15/h15H,1-11,13H2,(H,14,16). The predicted octanol–water partition coefficient (Wildman–Crippen LogP) is -1.88. The van der Waals surface area contributed by atoms with Crippen LogP contribution in [0.4, 0.5) is 0 Å². The average molecular weight is 294 g/mol. The first-order valence-corrected chi connectivity index (χ1v) is 6.70. The molecule has 20 heavy (non-hydrogen) atoms. The fourth-order valence-corrected chi connectivity index (χ4v) is 1.16. The lowest BCUT2D eigenvalue weighted by Gasteiger charge is -2.07. The molecule has 8 heteroatoms. The number of aliphatic hydroxyl groups is 1. The van der Waals surface area contributed by atoms with E-state index >= 15 is 0 Å². The number of rotatable bonds is 15. The Balaban J connectivity index is 2.97. The molecule has 0 bridgehead atoms. The Kier molecular flexibility index (Phi) is 15.7. The molecular formula is C12H26N2O6. The van der Waals surface area contributed by atoms with Crippen LogP contribution in [0.5, 0.6) is 0 Å². The second-order valence-electron chi connectivity index (χ2n) is 3.75. The number of aliphatic hydroxyl groups excluding tert-OH is 1. The SMILES string of the molecule is NCCOCCOCCOCCOCCNC(=O)CO. The highest BCUT2D eigenvalue weighted by molar-refractivity contribution is 5.76. The quantitative estimate of drug-likeness (QED) is 0.303. The van der Waals surface area contributed by atoms with Crippen LogP contribution in [0.25, 0.3) is 0 Å². The van der Waals surface area contributed by atoms with Crippen LogP contribution >= 0.6 is 0 Å². The molecule has 0 aromatic heterocycles. The van der Waals surface area contributed by atoms with Crippen molar-refractivity contribution in [2.45, 2.75) is 0 Å². The molecule has 0 unspecified atom stereocenters. The van der Waals surface area contributed by atoms with Gasteiger partial charge in [0.1, 0.15) is 6.61 Å². The summed E-state index contributed by atoms with van der Waals surface area (Å²) in [5.74, 6) is -0.405. The number of carbonyl (C=O) groups is 1. The summed E-state index contributed by atoms with van der Waals surface area (Å²) in [6, 6.07) is 0. The maximum atomic E-state index is 10.7. The largest absolute Gasteiger partial charge is 0.387 e. The fourth-order valence-electron chi connectivity index (χ4n) is 1.16. The summed E-state index contributed by atoms with van der Waals surface area (Å²) in [7, 11) is 0. The first kappa shape index (κ1) is 19.2. The maximum Gasteiger partial charge on any atom is 0.245 e. The van der Waals surface area contributed by atoms with Crippen molar-refractivity contribution < 1.29 is 28.8 Å². The fraction of sp³-hybridized carbons (Fsp3) is 0.917. The van der Waals surface area contributed by atoms with Crippen LogP contribution in [0, 0.1) is 0 Å². The van der Waals surface area contributed by atoms with E-state index < -0.39 is 12.5 Å². The normalized spacial score (nSPS) is 10.7. The molecule has 0 aliphatic carbocycles. The van der Waals surface area contributed by atoms with Gasteiger partial charge in [0.25, 0.3) is 0 Å². The summed E-state index contributed by atoms with van der Waals surface area (Å²) in [5, 5.41) is 10.9. The summed E-state index contributed by atoms with van der Waals surface area (Å²) in [5.41, 5.74) is 5.26. The van der Waals surface area contributed by atoms with Crippen molar-refractivity contribution in [3.05, 3.63) is 0 Å². The summed E-state index contributed by atoms with van der Waals surface area (Å²) < 4.78 is 20.9. The minimum absolute atomic E-state index is 0.380. The van der Waals surface area contributed by atoms with Crippen LogP contribution in [0.2, 0.25) is 0 Å². The summed E-state index contributed by atoms with van der Waals surface area (Å²) in [6.45, 7) is 4.36. The third-order valence-electron chi connectivity index (χ3n) is 2.09. The van der Waals surface area contributed by atoms with Gasteiger partial charge in [-0.25, -0.2) is 0 Å². The lowest BCUT2D eigenvalue weighted by Crippen LogP contribution is -2.29. The lowest BCUT2D eigenvalue weighted by molar-refractivity contribution is -0.124. The van der Waals surface area contributed by atoms with E-state index in [9.17, 15) is 4.79 Å². The Labute approximate surface area is 119 Å². The van der Waals surface area contributed by atoms with Crippen molar-refractivity contribution in [2.24, 2.45) is 5.73 Å². The van der Waals surface area contributed by atoms with Crippen LogP contribution < -0.4 is 11.1 Å². The minimum Gasteiger partial charge on any atom is -0.387 e. The highest BCUT2D eigenvalue weighted by atomic mass is 16.6. The van der Waals surface area contributed by atoms with E-state index in [-0.39, 0.29) is 0 Å². The molecule has 0 spiro atoms. The van der Waals surface area contributed by atoms with Crippen LogP contribution in [0.3, 0.4) is 0 Å². The maximum absolute atomic E-state index is 10.7. The van der Waals surface area contributed by atoms with Gasteiger partial charge in [0.05, 0.1) is 52.9 Å². The van der Waals surface area contributed by atoms with Crippen LogP contribution in [-0.4, -0.2) is 83.6 Å². The van der Waals surface area contributed by atoms with Gasteiger partial charge in [0.2, 0.25) is 5.91 Å². The van der Waals surface area contributed by atoms with Gasteiger partial charge in [0, 0.05) is 13.1 Å². The smallest absolute Gasteiger partial charge is 0.245 e. The topological polar surface area (TPSA) is 112 Å². The van der Waals surface area contributed by atoms with Crippen molar-refractivity contribution in [3.63, 3.8) is 0 Å². The Morgan fingerprint density at radius 3 is 1.75 bits per heavy atom. The molecule has 0 aliphatic rings. The van der Waals surface area contributed by atoms with Gasteiger partial charge < -0.3 is 35.1 Å². The van der Waals surface area contributed by atoms with Gasteiger partial charge >= 0.3 is 0 Å². The van der Waals surface area contributed by atoms with Crippen molar-refractivity contribution in [1.82, 2.24) is 5.32 Å². The summed E-state index contributed by atoms with van der Waals surface area (Å²) >= 11 is 0. The molecule has 8 nitrogen and oxygen atoms in total. The number of amides is 1. The molecule has 0 aromatic rings. The highest BCUT2D eigenvalue weighted by Gasteiger charge is 1.96. The van der Waals surface area contributed by atoms with E-state index in [1.54, 1.807) is 0 Å². The Bertz CT molecular complexity index is 218. The Morgan fingerprint density at radius 2 is 1.30 bits per heavy atom. The number of ether oxygens (including phenoxy) is 4. The zero-order chi connectivity index (χ0) is 14.9.